The van der Waals surface area contributed by atoms with Gasteiger partial charge in [0.25, 0.3) is 0 Å². The number of carbonyl (C=O) groups excluding carboxylic acids is 1. The Balaban J connectivity index is 2.42. The minimum Gasteiger partial charge on any atom is -0.468 e. The summed E-state index contributed by atoms with van der Waals surface area (Å²) in [6, 6.07) is 9.67. The number of likely N-dealkylation sites (tertiary alicyclic amines) is 1. The highest BCUT2D eigenvalue weighted by molar-refractivity contribution is 5.79. The zero-order valence-corrected chi connectivity index (χ0v) is 13.2. The Labute approximate surface area is 126 Å². The smallest absolute Gasteiger partial charge is 0.316 e. The average molecular weight is 291 g/mol. The normalized spacial score (nSPS) is 31.7. The van der Waals surface area contributed by atoms with Crippen molar-refractivity contribution in [2.75, 3.05) is 20.7 Å². The lowest BCUT2D eigenvalue weighted by Gasteiger charge is -2.48. The zero-order chi connectivity index (χ0) is 15.6. The Hall–Kier alpha value is -1.39. The van der Waals surface area contributed by atoms with Crippen LogP contribution in [0.4, 0.5) is 0 Å². The summed E-state index contributed by atoms with van der Waals surface area (Å²) >= 11 is 0. The number of esters is 1. The molecule has 1 fully saturated rings. The van der Waals surface area contributed by atoms with E-state index in [-0.39, 0.29) is 17.9 Å². The Morgan fingerprint density at radius 1 is 1.38 bits per heavy atom. The SMILES string of the molecule is COC(=O)[C@H](c1ccccc1)[C@@]1(O)C[C@@H](C)N(C)C[C@@H]1C. The molecule has 1 aliphatic rings. The number of benzene rings is 1. The molecule has 1 saturated heterocycles. The molecule has 0 saturated carbocycles. The van der Waals surface area contributed by atoms with E-state index < -0.39 is 11.5 Å². The first-order chi connectivity index (χ1) is 9.90. The number of hydrogen-bond acceptors (Lipinski definition) is 4. The van der Waals surface area contributed by atoms with E-state index in [2.05, 4.69) is 18.9 Å². The van der Waals surface area contributed by atoms with E-state index in [1.807, 2.05) is 37.3 Å². The first kappa shape index (κ1) is 16.0. The van der Waals surface area contributed by atoms with Crippen LogP contribution in [0.5, 0.6) is 0 Å². The van der Waals surface area contributed by atoms with Crippen molar-refractivity contribution in [2.24, 2.45) is 5.92 Å². The van der Waals surface area contributed by atoms with Crippen molar-refractivity contribution in [2.45, 2.75) is 37.8 Å². The van der Waals surface area contributed by atoms with Crippen LogP contribution in [0.25, 0.3) is 0 Å². The van der Waals surface area contributed by atoms with E-state index in [1.54, 1.807) is 0 Å². The number of hydrogen-bond donors (Lipinski definition) is 1. The van der Waals surface area contributed by atoms with Crippen LogP contribution < -0.4 is 0 Å². The van der Waals surface area contributed by atoms with Crippen molar-refractivity contribution in [1.29, 1.82) is 0 Å². The summed E-state index contributed by atoms with van der Waals surface area (Å²) < 4.78 is 4.98. The summed E-state index contributed by atoms with van der Waals surface area (Å²) in [5, 5.41) is 11.3. The summed E-state index contributed by atoms with van der Waals surface area (Å²) in [5.74, 6) is -1.02. The van der Waals surface area contributed by atoms with Crippen molar-refractivity contribution in [3.63, 3.8) is 0 Å². The molecule has 21 heavy (non-hydrogen) atoms. The molecule has 116 valence electrons. The predicted octanol–water partition coefficient (Wildman–Crippen LogP) is 2.03. The van der Waals surface area contributed by atoms with Crippen LogP contribution in [-0.4, -0.2) is 48.3 Å². The molecule has 1 aromatic rings. The van der Waals surface area contributed by atoms with Gasteiger partial charge in [0.05, 0.1) is 12.7 Å². The lowest BCUT2D eigenvalue weighted by atomic mass is 9.68. The van der Waals surface area contributed by atoms with Crippen molar-refractivity contribution in [3.8, 4) is 0 Å². The molecule has 0 unspecified atom stereocenters. The summed E-state index contributed by atoms with van der Waals surface area (Å²) in [4.78, 5) is 14.6. The third-order valence-corrected chi connectivity index (χ3v) is 4.86. The first-order valence-electron chi connectivity index (χ1n) is 7.45. The highest BCUT2D eigenvalue weighted by Crippen LogP contribution is 2.42. The van der Waals surface area contributed by atoms with Crippen LogP contribution in [-0.2, 0) is 9.53 Å². The van der Waals surface area contributed by atoms with Gasteiger partial charge in [-0.25, -0.2) is 0 Å². The highest BCUT2D eigenvalue weighted by atomic mass is 16.5. The molecule has 1 aromatic carbocycles. The Kier molecular flexibility index (Phi) is 4.69. The predicted molar refractivity (Wildman–Crippen MR) is 82.0 cm³/mol. The lowest BCUT2D eigenvalue weighted by Crippen LogP contribution is -2.57. The highest BCUT2D eigenvalue weighted by Gasteiger charge is 2.50. The van der Waals surface area contributed by atoms with E-state index in [1.165, 1.54) is 7.11 Å². The molecule has 1 aliphatic heterocycles. The van der Waals surface area contributed by atoms with Gasteiger partial charge < -0.3 is 14.7 Å². The monoisotopic (exact) mass is 291 g/mol. The van der Waals surface area contributed by atoms with E-state index >= 15 is 0 Å². The molecule has 0 amide bonds. The number of methoxy groups -OCH3 is 1. The fraction of sp³-hybridized carbons (Fsp3) is 0.588. The fourth-order valence-electron chi connectivity index (χ4n) is 3.39. The van der Waals surface area contributed by atoms with Crippen molar-refractivity contribution >= 4 is 5.97 Å². The van der Waals surface area contributed by atoms with Crippen molar-refractivity contribution in [1.82, 2.24) is 4.90 Å². The number of aliphatic hydroxyl groups is 1. The van der Waals surface area contributed by atoms with E-state index in [0.717, 1.165) is 12.1 Å². The number of piperidine rings is 1. The Morgan fingerprint density at radius 2 is 2.00 bits per heavy atom. The molecule has 0 spiro atoms. The molecule has 0 aliphatic carbocycles. The van der Waals surface area contributed by atoms with Gasteiger partial charge in [-0.05, 0) is 31.9 Å². The molecule has 0 radical (unpaired) electrons. The topological polar surface area (TPSA) is 49.8 Å². The van der Waals surface area contributed by atoms with Crippen molar-refractivity contribution in [3.05, 3.63) is 35.9 Å². The van der Waals surface area contributed by atoms with E-state index in [9.17, 15) is 9.90 Å². The maximum atomic E-state index is 12.4. The Morgan fingerprint density at radius 3 is 2.57 bits per heavy atom. The van der Waals surface area contributed by atoms with Gasteiger partial charge in [-0.2, -0.15) is 0 Å². The van der Waals surface area contributed by atoms with Gasteiger partial charge in [-0.15, -0.1) is 0 Å². The molecule has 0 bridgehead atoms. The number of rotatable bonds is 3. The second-order valence-electron chi connectivity index (χ2n) is 6.25. The molecular weight excluding hydrogens is 266 g/mol. The van der Waals surface area contributed by atoms with Crippen LogP contribution in [0, 0.1) is 5.92 Å². The van der Waals surface area contributed by atoms with Crippen molar-refractivity contribution < 1.29 is 14.6 Å². The molecule has 4 nitrogen and oxygen atoms in total. The third kappa shape index (κ3) is 2.97. The summed E-state index contributed by atoms with van der Waals surface area (Å²) in [6.07, 6.45) is 0.555. The fourth-order valence-corrected chi connectivity index (χ4v) is 3.39. The first-order valence-corrected chi connectivity index (χ1v) is 7.45. The molecule has 4 heteroatoms. The number of ether oxygens (including phenoxy) is 1. The summed E-state index contributed by atoms with van der Waals surface area (Å²) in [7, 11) is 3.43. The third-order valence-electron chi connectivity index (χ3n) is 4.86. The van der Waals surface area contributed by atoms with Gasteiger partial charge in [-0.1, -0.05) is 37.3 Å². The largest absolute Gasteiger partial charge is 0.468 e. The second kappa shape index (κ2) is 6.16. The Bertz CT molecular complexity index is 490. The van der Waals surface area contributed by atoms with Crippen LogP contribution in [0.2, 0.25) is 0 Å². The van der Waals surface area contributed by atoms with Crippen LogP contribution >= 0.6 is 0 Å². The van der Waals surface area contributed by atoms with Gasteiger partial charge in [0.1, 0.15) is 5.92 Å². The molecular formula is C17H25NO3. The molecule has 1 N–H and O–H groups in total. The quantitative estimate of drug-likeness (QED) is 0.866. The lowest BCUT2D eigenvalue weighted by molar-refractivity contribution is -0.159. The number of carbonyl (C=O) groups is 1. The van der Waals surface area contributed by atoms with E-state index in [4.69, 9.17) is 4.74 Å². The van der Waals surface area contributed by atoms with Gasteiger partial charge >= 0.3 is 5.97 Å². The molecule has 0 aromatic heterocycles. The zero-order valence-electron chi connectivity index (χ0n) is 13.2. The van der Waals surface area contributed by atoms with Crippen LogP contribution in [0.1, 0.15) is 31.7 Å². The van der Waals surface area contributed by atoms with Gasteiger partial charge in [0.15, 0.2) is 0 Å². The minimum atomic E-state index is -1.08. The summed E-state index contributed by atoms with van der Waals surface area (Å²) in [5.41, 5.74) is -0.268. The maximum absolute atomic E-state index is 12.4. The number of nitrogens with zero attached hydrogens (tertiary/aromatic N) is 1. The van der Waals surface area contributed by atoms with Gasteiger partial charge in [0, 0.05) is 12.6 Å². The van der Waals surface area contributed by atoms with E-state index in [0.29, 0.717) is 6.42 Å². The maximum Gasteiger partial charge on any atom is 0.316 e. The molecule has 1 heterocycles. The van der Waals surface area contributed by atoms with Gasteiger partial charge in [-0.3, -0.25) is 4.79 Å². The summed E-state index contributed by atoms with van der Waals surface area (Å²) in [6.45, 7) is 4.84. The second-order valence-corrected chi connectivity index (χ2v) is 6.25. The molecule has 4 atom stereocenters. The van der Waals surface area contributed by atoms with Crippen LogP contribution in [0.15, 0.2) is 30.3 Å². The average Bonchev–Trinajstić information content (AvgIpc) is 2.46. The van der Waals surface area contributed by atoms with Crippen LogP contribution in [0.3, 0.4) is 0 Å². The standard InChI is InChI=1S/C17H25NO3/c1-12-11-18(3)13(2)10-17(12,20)15(16(19)21-4)14-8-6-5-7-9-14/h5-9,12-13,15,20H,10-11H2,1-4H3/t12-,13+,15-,17+/m0/s1. The minimum absolute atomic E-state index is 0.0111. The molecule has 2 rings (SSSR count). The van der Waals surface area contributed by atoms with Gasteiger partial charge in [0.2, 0.25) is 0 Å².